The maximum absolute atomic E-state index is 13.0. The van der Waals surface area contributed by atoms with Gasteiger partial charge in [0.2, 0.25) is 0 Å². The van der Waals surface area contributed by atoms with E-state index in [-0.39, 0.29) is 36.8 Å². The number of hydrogen-bond acceptors (Lipinski definition) is 5. The van der Waals surface area contributed by atoms with E-state index in [0.29, 0.717) is 4.90 Å². The van der Waals surface area contributed by atoms with Gasteiger partial charge < -0.3 is 4.74 Å². The number of carbonyl (C=O) groups is 4. The first kappa shape index (κ1) is 24.5. The van der Waals surface area contributed by atoms with E-state index in [4.69, 9.17) is 51.1 Å². The van der Waals surface area contributed by atoms with E-state index < -0.39 is 48.0 Å². The third-order valence-electron chi connectivity index (χ3n) is 4.80. The average molecular weight is 521 g/mol. The lowest BCUT2D eigenvalue weighted by Gasteiger charge is -2.27. The molecule has 11 heteroatoms. The number of fused-ring (bicyclic) bond motifs is 1. The summed E-state index contributed by atoms with van der Waals surface area (Å²) in [7, 11) is 0. The molecule has 2 aromatic rings. The second-order valence-corrected chi connectivity index (χ2v) is 8.72. The van der Waals surface area contributed by atoms with Crippen molar-refractivity contribution < 1.29 is 28.3 Å². The van der Waals surface area contributed by atoms with Crippen LogP contribution in [0.1, 0.15) is 44.9 Å². The van der Waals surface area contributed by atoms with Crippen LogP contribution in [0.5, 0.6) is 0 Å². The zero-order chi connectivity index (χ0) is 23.9. The summed E-state index contributed by atoms with van der Waals surface area (Å²) in [5, 5.41) is -0.930. The van der Waals surface area contributed by atoms with Crippen LogP contribution in [0.25, 0.3) is 0 Å². The normalized spacial score (nSPS) is 14.1. The SMILES string of the molecule is CC(C)[C@@H](C(=O)OCC(=O)c1ccc(F)cc1)N1C(=O)c2c(Cl)c(Cl)c(Cl)c(Cl)c2C1=O. The molecule has 0 aromatic heterocycles. The Bertz CT molecular complexity index is 1100. The van der Waals surface area contributed by atoms with E-state index in [9.17, 15) is 23.6 Å². The Hall–Kier alpha value is -2.19. The summed E-state index contributed by atoms with van der Waals surface area (Å²) in [5.74, 6) is -4.48. The van der Waals surface area contributed by atoms with E-state index in [2.05, 4.69) is 0 Å². The van der Waals surface area contributed by atoms with Gasteiger partial charge in [0.05, 0.1) is 31.2 Å². The van der Waals surface area contributed by atoms with Gasteiger partial charge in [-0.2, -0.15) is 0 Å². The summed E-state index contributed by atoms with van der Waals surface area (Å²) in [6, 6.07) is 3.29. The summed E-state index contributed by atoms with van der Waals surface area (Å²) in [6.45, 7) is 2.50. The minimum absolute atomic E-state index is 0.129. The molecule has 1 aliphatic rings. The number of carbonyl (C=O) groups excluding carboxylic acids is 4. The van der Waals surface area contributed by atoms with Crippen LogP contribution in [-0.2, 0) is 9.53 Å². The Morgan fingerprint density at radius 3 is 1.81 bits per heavy atom. The van der Waals surface area contributed by atoms with Crippen molar-refractivity contribution in [3.05, 3.63) is 66.9 Å². The average Bonchev–Trinajstić information content (AvgIpc) is 3.00. The molecule has 0 aliphatic carbocycles. The number of Topliss-reactive ketones (excluding diaryl/α,β-unsaturated/α-hetero) is 1. The second-order valence-electron chi connectivity index (χ2n) is 7.21. The van der Waals surface area contributed by atoms with E-state index >= 15 is 0 Å². The highest BCUT2D eigenvalue weighted by Crippen LogP contribution is 2.45. The molecule has 1 heterocycles. The zero-order valence-electron chi connectivity index (χ0n) is 16.5. The predicted octanol–water partition coefficient (Wildman–Crippen LogP) is 5.49. The lowest BCUT2D eigenvalue weighted by atomic mass is 10.0. The highest BCUT2D eigenvalue weighted by molar-refractivity contribution is 6.55. The third kappa shape index (κ3) is 4.22. The Balaban J connectivity index is 1.87. The molecule has 1 aliphatic heterocycles. The van der Waals surface area contributed by atoms with Gasteiger partial charge in [-0.1, -0.05) is 60.3 Å². The Morgan fingerprint density at radius 2 is 1.38 bits per heavy atom. The first-order valence-electron chi connectivity index (χ1n) is 9.16. The third-order valence-corrected chi connectivity index (χ3v) is 6.60. The van der Waals surface area contributed by atoms with Gasteiger partial charge in [-0.3, -0.25) is 19.3 Å². The lowest BCUT2D eigenvalue weighted by molar-refractivity contribution is -0.148. The molecule has 2 aromatic carbocycles. The van der Waals surface area contributed by atoms with Crippen molar-refractivity contribution in [1.29, 1.82) is 0 Å². The standard InChI is InChI=1S/C21H14Cl4FNO5/c1-8(2)18(21(31)32-7-11(28)9-3-5-10(26)6-4-9)27-19(29)12-13(20(27)30)15(23)17(25)16(24)14(12)22/h3-6,8,18H,7H2,1-2H3/t18-/m0/s1. The van der Waals surface area contributed by atoms with Gasteiger partial charge >= 0.3 is 5.97 Å². The van der Waals surface area contributed by atoms with Crippen LogP contribution < -0.4 is 0 Å². The molecule has 0 fully saturated rings. The summed E-state index contributed by atoms with van der Waals surface area (Å²) < 4.78 is 18.1. The number of rotatable bonds is 6. The predicted molar refractivity (Wildman–Crippen MR) is 117 cm³/mol. The molecule has 0 radical (unpaired) electrons. The minimum atomic E-state index is -1.38. The first-order chi connectivity index (χ1) is 15.0. The summed E-state index contributed by atoms with van der Waals surface area (Å²) in [6.07, 6.45) is 0. The van der Waals surface area contributed by atoms with Crippen molar-refractivity contribution in [2.75, 3.05) is 6.61 Å². The number of ketones is 1. The number of esters is 1. The van der Waals surface area contributed by atoms with Gasteiger partial charge in [-0.25, -0.2) is 9.18 Å². The zero-order valence-corrected chi connectivity index (χ0v) is 19.6. The lowest BCUT2D eigenvalue weighted by Crippen LogP contribution is -2.49. The van der Waals surface area contributed by atoms with E-state index in [1.54, 1.807) is 13.8 Å². The topological polar surface area (TPSA) is 80.8 Å². The van der Waals surface area contributed by atoms with E-state index in [1.165, 1.54) is 12.1 Å². The monoisotopic (exact) mass is 519 g/mol. The van der Waals surface area contributed by atoms with E-state index in [1.807, 2.05) is 0 Å². The number of amides is 2. The molecule has 0 saturated carbocycles. The first-order valence-corrected chi connectivity index (χ1v) is 10.7. The molecular formula is C21H14Cl4FNO5. The van der Waals surface area contributed by atoms with Gasteiger partial charge in [0.1, 0.15) is 11.9 Å². The van der Waals surface area contributed by atoms with E-state index in [0.717, 1.165) is 12.1 Å². The Morgan fingerprint density at radius 1 is 0.906 bits per heavy atom. The van der Waals surface area contributed by atoms with Gasteiger partial charge in [0, 0.05) is 5.56 Å². The molecule has 1 atom stereocenters. The molecule has 6 nitrogen and oxygen atoms in total. The van der Waals surface area contributed by atoms with Gasteiger partial charge in [0.15, 0.2) is 12.4 Å². The summed E-state index contributed by atoms with van der Waals surface area (Å²) in [4.78, 5) is 51.8. The van der Waals surface area contributed by atoms with Crippen LogP contribution in [0, 0.1) is 11.7 Å². The van der Waals surface area contributed by atoms with Gasteiger partial charge in [-0.05, 0) is 30.2 Å². The van der Waals surface area contributed by atoms with Crippen molar-refractivity contribution in [2.24, 2.45) is 5.92 Å². The highest BCUT2D eigenvalue weighted by atomic mass is 35.5. The molecule has 2 amide bonds. The number of benzene rings is 2. The van der Waals surface area contributed by atoms with Crippen molar-refractivity contribution in [2.45, 2.75) is 19.9 Å². The fourth-order valence-electron chi connectivity index (χ4n) is 3.24. The van der Waals surface area contributed by atoms with Crippen molar-refractivity contribution in [3.8, 4) is 0 Å². The number of halogens is 5. The fourth-order valence-corrected chi connectivity index (χ4v) is 4.25. The second kappa shape index (κ2) is 9.35. The Labute approximate surface area is 202 Å². The number of nitrogens with zero attached hydrogens (tertiary/aromatic N) is 1. The summed E-state index contributed by atoms with van der Waals surface area (Å²) >= 11 is 24.3. The van der Waals surface area contributed by atoms with Gasteiger partial charge in [0.25, 0.3) is 11.8 Å². The Kier molecular flexibility index (Phi) is 7.15. The molecule has 0 N–H and O–H groups in total. The maximum Gasteiger partial charge on any atom is 0.330 e. The van der Waals surface area contributed by atoms with Crippen molar-refractivity contribution in [3.63, 3.8) is 0 Å². The van der Waals surface area contributed by atoms with Gasteiger partial charge in [-0.15, -0.1) is 0 Å². The molecule has 0 saturated heterocycles. The molecule has 0 unspecified atom stereocenters. The molecule has 168 valence electrons. The molecule has 0 bridgehead atoms. The molecular weight excluding hydrogens is 507 g/mol. The fraction of sp³-hybridized carbons (Fsp3) is 0.238. The number of ether oxygens (including phenoxy) is 1. The highest BCUT2D eigenvalue weighted by Gasteiger charge is 2.48. The number of imide groups is 1. The number of hydrogen-bond donors (Lipinski definition) is 0. The van der Waals surface area contributed by atoms with Crippen LogP contribution in [0.3, 0.4) is 0 Å². The minimum Gasteiger partial charge on any atom is -0.456 e. The quantitative estimate of drug-likeness (QED) is 0.165. The van der Waals surface area contributed by atoms with Crippen LogP contribution in [-0.4, -0.2) is 41.1 Å². The molecule has 3 rings (SSSR count). The van der Waals surface area contributed by atoms with Crippen molar-refractivity contribution >= 4 is 70.0 Å². The van der Waals surface area contributed by atoms with Crippen LogP contribution in [0.15, 0.2) is 24.3 Å². The summed E-state index contributed by atoms with van der Waals surface area (Å²) in [5.41, 5.74) is -0.405. The molecule has 0 spiro atoms. The smallest absolute Gasteiger partial charge is 0.330 e. The van der Waals surface area contributed by atoms with Crippen LogP contribution >= 0.6 is 46.4 Å². The maximum atomic E-state index is 13.0. The van der Waals surface area contributed by atoms with Crippen LogP contribution in [0.4, 0.5) is 4.39 Å². The van der Waals surface area contributed by atoms with Crippen LogP contribution in [0.2, 0.25) is 20.1 Å². The van der Waals surface area contributed by atoms with Crippen molar-refractivity contribution in [1.82, 2.24) is 4.90 Å². The molecule has 32 heavy (non-hydrogen) atoms. The largest absolute Gasteiger partial charge is 0.456 e.